The second-order valence-electron chi connectivity index (χ2n) is 5.73. The van der Waals surface area contributed by atoms with Crippen LogP contribution in [0.15, 0.2) is 46.2 Å². The first-order valence-corrected chi connectivity index (χ1v) is 11.7. The summed E-state index contributed by atoms with van der Waals surface area (Å²) in [6, 6.07) is 6.98. The van der Waals surface area contributed by atoms with E-state index in [1.54, 1.807) is 20.9 Å². The van der Waals surface area contributed by atoms with Crippen LogP contribution < -0.4 is 10.0 Å². The molecule has 0 aromatic heterocycles. The number of nitrogens with one attached hydrogen (secondary N) is 2. The molecule has 28 heavy (non-hydrogen) atoms. The van der Waals surface area contributed by atoms with Gasteiger partial charge in [-0.2, -0.15) is 4.31 Å². The molecule has 0 atom stereocenters. The number of hydrogen-bond donors (Lipinski definition) is 2. The van der Waals surface area contributed by atoms with Crippen LogP contribution >= 0.6 is 11.6 Å². The van der Waals surface area contributed by atoms with E-state index in [1.807, 2.05) is 0 Å². The van der Waals surface area contributed by atoms with Gasteiger partial charge in [0.25, 0.3) is 10.0 Å². The minimum absolute atomic E-state index is 0.0242. The largest absolute Gasteiger partial charge is 0.386 e. The van der Waals surface area contributed by atoms with E-state index in [2.05, 4.69) is 10.0 Å². The third kappa shape index (κ3) is 4.57. The fraction of sp³-hybridized carbons (Fsp3) is 0.294. The zero-order valence-corrected chi connectivity index (χ0v) is 17.9. The van der Waals surface area contributed by atoms with Crippen LogP contribution in [0.3, 0.4) is 0 Å². The summed E-state index contributed by atoms with van der Waals surface area (Å²) in [6.45, 7) is 3.98. The predicted molar refractivity (Wildman–Crippen MR) is 108 cm³/mol. The molecule has 0 radical (unpaired) electrons. The number of benzene rings is 2. The Morgan fingerprint density at radius 3 is 2.18 bits per heavy atom. The van der Waals surface area contributed by atoms with E-state index < -0.39 is 25.9 Å². The van der Waals surface area contributed by atoms with E-state index in [0.29, 0.717) is 5.69 Å². The quantitative estimate of drug-likeness (QED) is 0.644. The van der Waals surface area contributed by atoms with Crippen molar-refractivity contribution >= 4 is 43.0 Å². The van der Waals surface area contributed by atoms with E-state index in [4.69, 9.17) is 11.6 Å². The fourth-order valence-corrected chi connectivity index (χ4v) is 5.68. The Labute approximate surface area is 169 Å². The zero-order valence-electron chi connectivity index (χ0n) is 15.5. The average Bonchev–Trinajstić information content (AvgIpc) is 2.61. The highest BCUT2D eigenvalue weighted by atomic mass is 35.5. The van der Waals surface area contributed by atoms with Crippen LogP contribution in [0.25, 0.3) is 0 Å². The van der Waals surface area contributed by atoms with Crippen LogP contribution in [-0.2, 0) is 20.0 Å². The Morgan fingerprint density at radius 1 is 1.00 bits per heavy atom. The van der Waals surface area contributed by atoms with Gasteiger partial charge in [-0.3, -0.25) is 4.72 Å². The molecule has 2 rings (SSSR count). The summed E-state index contributed by atoms with van der Waals surface area (Å²) >= 11 is 5.86. The molecule has 154 valence electrons. The monoisotopic (exact) mass is 449 g/mol. The van der Waals surface area contributed by atoms with Gasteiger partial charge in [-0.05, 0) is 36.4 Å². The molecular weight excluding hydrogens is 429 g/mol. The first-order chi connectivity index (χ1) is 13.1. The van der Waals surface area contributed by atoms with Gasteiger partial charge in [-0.25, -0.2) is 21.2 Å². The summed E-state index contributed by atoms with van der Waals surface area (Å²) in [5.74, 6) is -0.674. The lowest BCUT2D eigenvalue weighted by molar-refractivity contribution is 0.445. The fourth-order valence-electron chi connectivity index (χ4n) is 2.59. The normalized spacial score (nSPS) is 12.2. The van der Waals surface area contributed by atoms with Crippen molar-refractivity contribution < 1.29 is 21.2 Å². The number of halogens is 2. The summed E-state index contributed by atoms with van der Waals surface area (Å²) in [6.07, 6.45) is 0. The Hall–Kier alpha value is -1.88. The van der Waals surface area contributed by atoms with Gasteiger partial charge in [0.05, 0.1) is 21.3 Å². The minimum atomic E-state index is -4.18. The number of nitrogens with zero attached hydrogens (tertiary/aromatic N) is 1. The molecule has 0 aliphatic heterocycles. The molecule has 2 N–H and O–H groups in total. The third-order valence-electron chi connectivity index (χ3n) is 4.03. The summed E-state index contributed by atoms with van der Waals surface area (Å²) in [5, 5.41) is 2.51. The summed E-state index contributed by atoms with van der Waals surface area (Å²) < 4.78 is 67.7. The van der Waals surface area contributed by atoms with E-state index in [-0.39, 0.29) is 33.6 Å². The van der Waals surface area contributed by atoms with Crippen molar-refractivity contribution in [1.82, 2.24) is 4.31 Å². The Morgan fingerprint density at radius 2 is 1.64 bits per heavy atom. The molecule has 0 aliphatic carbocycles. The zero-order chi connectivity index (χ0) is 21.1. The maximum Gasteiger partial charge on any atom is 0.263 e. The molecule has 7 nitrogen and oxygen atoms in total. The van der Waals surface area contributed by atoms with Gasteiger partial charge in [0, 0.05) is 20.1 Å². The molecule has 0 saturated heterocycles. The SMILES string of the molecule is CCN(CC)S(=O)(=O)c1ccc(NC)c(NS(=O)(=O)c2ccc(F)cc2Cl)c1. The molecule has 11 heteroatoms. The van der Waals surface area contributed by atoms with Crippen molar-refractivity contribution in [2.45, 2.75) is 23.6 Å². The molecule has 2 aromatic rings. The lowest BCUT2D eigenvalue weighted by Crippen LogP contribution is -2.30. The number of rotatable bonds is 8. The Kier molecular flexibility index (Phi) is 6.92. The van der Waals surface area contributed by atoms with Crippen LogP contribution in [0.5, 0.6) is 0 Å². The van der Waals surface area contributed by atoms with Gasteiger partial charge < -0.3 is 5.32 Å². The summed E-state index contributed by atoms with van der Waals surface area (Å²) in [4.78, 5) is -0.382. The number of hydrogen-bond acceptors (Lipinski definition) is 5. The summed E-state index contributed by atoms with van der Waals surface area (Å²) in [7, 11) is -6.41. The lowest BCUT2D eigenvalue weighted by atomic mass is 10.3. The average molecular weight is 450 g/mol. The highest BCUT2D eigenvalue weighted by Gasteiger charge is 2.25. The third-order valence-corrected chi connectivity index (χ3v) is 7.93. The molecule has 0 amide bonds. The van der Waals surface area contributed by atoms with Gasteiger partial charge in [0.1, 0.15) is 10.7 Å². The van der Waals surface area contributed by atoms with Gasteiger partial charge in [0.2, 0.25) is 10.0 Å². The number of sulfonamides is 2. The standard InChI is InChI=1S/C17H21ClFN3O4S2/c1-4-22(5-2)28(25,26)13-7-8-15(20-3)16(11-13)21-27(23,24)17-9-6-12(19)10-14(17)18/h6-11,20-21H,4-5H2,1-3H3. The molecule has 0 spiro atoms. The molecular formula is C17H21ClFN3O4S2. The Balaban J connectivity index is 2.53. The van der Waals surface area contributed by atoms with Crippen LogP contribution in [-0.4, -0.2) is 41.3 Å². The van der Waals surface area contributed by atoms with Gasteiger partial charge in [0.15, 0.2) is 0 Å². The minimum Gasteiger partial charge on any atom is -0.386 e. The van der Waals surface area contributed by atoms with Crippen LogP contribution in [0.4, 0.5) is 15.8 Å². The van der Waals surface area contributed by atoms with Crippen molar-refractivity contribution in [2.24, 2.45) is 0 Å². The maximum absolute atomic E-state index is 13.2. The predicted octanol–water partition coefficient (Wildman–Crippen LogP) is 3.35. The van der Waals surface area contributed by atoms with Crippen molar-refractivity contribution in [3.8, 4) is 0 Å². The topological polar surface area (TPSA) is 95.6 Å². The van der Waals surface area contributed by atoms with Crippen LogP contribution in [0.1, 0.15) is 13.8 Å². The van der Waals surface area contributed by atoms with Crippen molar-refractivity contribution in [1.29, 1.82) is 0 Å². The molecule has 0 fully saturated rings. The molecule has 0 heterocycles. The second-order valence-corrected chi connectivity index (χ2v) is 9.72. The van der Waals surface area contributed by atoms with Crippen molar-refractivity contribution in [3.63, 3.8) is 0 Å². The van der Waals surface area contributed by atoms with E-state index in [1.165, 1.54) is 22.5 Å². The Bertz CT molecular complexity index is 1070. The first-order valence-electron chi connectivity index (χ1n) is 8.36. The van der Waals surface area contributed by atoms with Crippen molar-refractivity contribution in [2.75, 3.05) is 30.2 Å². The highest BCUT2D eigenvalue weighted by molar-refractivity contribution is 7.93. The lowest BCUT2D eigenvalue weighted by Gasteiger charge is -2.20. The highest BCUT2D eigenvalue weighted by Crippen LogP contribution is 2.31. The van der Waals surface area contributed by atoms with Crippen LogP contribution in [0, 0.1) is 5.82 Å². The smallest absolute Gasteiger partial charge is 0.263 e. The van der Waals surface area contributed by atoms with Crippen LogP contribution in [0.2, 0.25) is 5.02 Å². The van der Waals surface area contributed by atoms with E-state index in [9.17, 15) is 21.2 Å². The van der Waals surface area contributed by atoms with E-state index >= 15 is 0 Å². The molecule has 0 bridgehead atoms. The second kappa shape index (κ2) is 8.64. The van der Waals surface area contributed by atoms with Gasteiger partial charge in [-0.1, -0.05) is 25.4 Å². The number of anilines is 2. The van der Waals surface area contributed by atoms with Gasteiger partial charge >= 0.3 is 0 Å². The van der Waals surface area contributed by atoms with Gasteiger partial charge in [-0.15, -0.1) is 0 Å². The summed E-state index contributed by atoms with van der Waals surface area (Å²) in [5.41, 5.74) is 0.386. The maximum atomic E-state index is 13.2. The first kappa shape index (κ1) is 22.4. The molecule has 2 aromatic carbocycles. The molecule has 0 aliphatic rings. The molecule has 0 unspecified atom stereocenters. The molecule has 0 saturated carbocycles. The van der Waals surface area contributed by atoms with Crippen molar-refractivity contribution in [3.05, 3.63) is 47.2 Å². The van der Waals surface area contributed by atoms with E-state index in [0.717, 1.165) is 18.2 Å².